The van der Waals surface area contributed by atoms with Crippen LogP contribution in [-0.4, -0.2) is 9.52 Å². The lowest BCUT2D eigenvalue weighted by Crippen LogP contribution is -1.79. The fraction of sp³-hybridized carbons (Fsp3) is 0.667. The van der Waals surface area contributed by atoms with Crippen LogP contribution in [0.5, 0.6) is 0 Å². The minimum atomic E-state index is 0.533. The molecule has 0 spiro atoms. The summed E-state index contributed by atoms with van der Waals surface area (Å²) in [5.74, 6) is 6.27. The van der Waals surface area contributed by atoms with Gasteiger partial charge in [-0.05, 0) is 12.8 Å². The summed E-state index contributed by atoms with van der Waals surface area (Å²) in [5, 5.41) is 0. The summed E-state index contributed by atoms with van der Waals surface area (Å²) in [6, 6.07) is 0. The fourth-order valence-corrected chi connectivity index (χ4v) is 1.26. The van der Waals surface area contributed by atoms with E-state index >= 15 is 0 Å². The van der Waals surface area contributed by atoms with Crippen LogP contribution in [-0.2, 0) is 0 Å². The van der Waals surface area contributed by atoms with Gasteiger partial charge in [0.2, 0.25) is 9.52 Å². The van der Waals surface area contributed by atoms with E-state index in [1.165, 1.54) is 25.7 Å². The molecular formula is C12H18Si. The minimum Gasteiger partial charge on any atom is -0.118 e. The molecule has 1 heteroatoms. The topological polar surface area (TPSA) is 0 Å². The molecule has 0 aliphatic rings. The molecule has 0 aromatic rings. The van der Waals surface area contributed by atoms with Gasteiger partial charge in [-0.3, -0.25) is 0 Å². The monoisotopic (exact) mass is 190 g/mol. The lowest BCUT2D eigenvalue weighted by molar-refractivity contribution is 0.828. The lowest BCUT2D eigenvalue weighted by Gasteiger charge is -1.83. The summed E-state index contributed by atoms with van der Waals surface area (Å²) in [6.45, 7) is 4.38. The first kappa shape index (κ1) is 12.3. The zero-order valence-electron chi connectivity index (χ0n) is 8.74. The Bertz CT molecular complexity index is 185. The molecule has 0 heterocycles. The van der Waals surface area contributed by atoms with Crippen molar-refractivity contribution in [3.8, 4) is 22.9 Å². The van der Waals surface area contributed by atoms with Crippen LogP contribution >= 0.6 is 0 Å². The van der Waals surface area contributed by atoms with E-state index in [2.05, 4.69) is 36.8 Å². The summed E-state index contributed by atoms with van der Waals surface area (Å²) in [4.78, 5) is 0. The van der Waals surface area contributed by atoms with Crippen LogP contribution in [0.1, 0.15) is 52.4 Å². The Hall–Kier alpha value is -0.663. The van der Waals surface area contributed by atoms with Gasteiger partial charge in [0.05, 0.1) is 0 Å². The van der Waals surface area contributed by atoms with Crippen LogP contribution in [0.25, 0.3) is 0 Å². The van der Waals surface area contributed by atoms with Crippen LogP contribution in [0.3, 0.4) is 0 Å². The largest absolute Gasteiger partial charge is 0.249 e. The van der Waals surface area contributed by atoms with Gasteiger partial charge in [-0.15, -0.1) is 22.9 Å². The number of rotatable bonds is 4. The Morgan fingerprint density at radius 3 is 1.69 bits per heavy atom. The molecule has 0 amide bonds. The second kappa shape index (κ2) is 11.3. The van der Waals surface area contributed by atoms with Gasteiger partial charge in [-0.2, -0.15) is 0 Å². The summed E-state index contributed by atoms with van der Waals surface area (Å²) in [5.41, 5.74) is 6.20. The van der Waals surface area contributed by atoms with E-state index < -0.39 is 0 Å². The third-order valence-electron chi connectivity index (χ3n) is 1.61. The Morgan fingerprint density at radius 2 is 1.31 bits per heavy atom. The molecule has 0 aromatic heterocycles. The van der Waals surface area contributed by atoms with Crippen LogP contribution in [0.2, 0.25) is 0 Å². The van der Waals surface area contributed by atoms with Gasteiger partial charge in [0.15, 0.2) is 0 Å². The molecule has 0 aliphatic heterocycles. The van der Waals surface area contributed by atoms with Crippen LogP contribution in [0.15, 0.2) is 0 Å². The van der Waals surface area contributed by atoms with Gasteiger partial charge in [-0.25, -0.2) is 0 Å². The number of hydrogen-bond acceptors (Lipinski definition) is 0. The first-order valence-corrected chi connectivity index (χ1v) is 6.12. The Morgan fingerprint density at radius 1 is 0.846 bits per heavy atom. The summed E-state index contributed by atoms with van der Waals surface area (Å²) in [7, 11) is 0.533. The van der Waals surface area contributed by atoms with Crippen molar-refractivity contribution in [3.63, 3.8) is 0 Å². The normalized spacial score (nSPS) is 8.15. The summed E-state index contributed by atoms with van der Waals surface area (Å²) in [6.07, 6.45) is 7.00. The maximum absolute atomic E-state index is 3.14. The van der Waals surface area contributed by atoms with E-state index in [0.717, 1.165) is 12.8 Å². The van der Waals surface area contributed by atoms with E-state index in [4.69, 9.17) is 0 Å². The smallest absolute Gasteiger partial charge is 0.118 e. The molecule has 70 valence electrons. The molecule has 0 saturated heterocycles. The van der Waals surface area contributed by atoms with Crippen LogP contribution in [0, 0.1) is 22.9 Å². The van der Waals surface area contributed by atoms with Gasteiger partial charge in [0.25, 0.3) is 0 Å². The highest BCUT2D eigenvalue weighted by Gasteiger charge is 1.77. The zero-order chi connectivity index (χ0) is 9.78. The summed E-state index contributed by atoms with van der Waals surface area (Å²) < 4.78 is 0. The predicted octanol–water partition coefficient (Wildman–Crippen LogP) is 2.99. The minimum absolute atomic E-state index is 0.533. The van der Waals surface area contributed by atoms with E-state index in [1.807, 2.05) is 0 Å². The van der Waals surface area contributed by atoms with E-state index in [-0.39, 0.29) is 0 Å². The maximum Gasteiger partial charge on any atom is 0.249 e. The molecule has 0 aromatic carbocycles. The molecular weight excluding hydrogens is 172 g/mol. The zero-order valence-corrected chi connectivity index (χ0v) is 9.74. The Kier molecular flexibility index (Phi) is 10.8. The standard InChI is InChI=1S/C12H18Si/c1-3-5-7-9-11-13-12-10-8-6-4-2/h3-8H2,1-2H3. The molecule has 0 atom stereocenters. The van der Waals surface area contributed by atoms with Crippen molar-refractivity contribution in [2.75, 3.05) is 0 Å². The molecule has 0 N–H and O–H groups in total. The van der Waals surface area contributed by atoms with Crippen molar-refractivity contribution in [1.29, 1.82) is 0 Å². The highest BCUT2D eigenvalue weighted by Crippen LogP contribution is 1.90. The first-order valence-electron chi connectivity index (χ1n) is 5.12. The van der Waals surface area contributed by atoms with Gasteiger partial charge < -0.3 is 0 Å². The van der Waals surface area contributed by atoms with Crippen molar-refractivity contribution < 1.29 is 0 Å². The Balaban J connectivity index is 3.28. The third-order valence-corrected chi connectivity index (χ3v) is 2.22. The average Bonchev–Trinajstić information content (AvgIpc) is 2.16. The maximum atomic E-state index is 3.14. The molecule has 0 fully saturated rings. The lowest BCUT2D eigenvalue weighted by atomic mass is 10.3. The third kappa shape index (κ3) is 11.3. The highest BCUT2D eigenvalue weighted by atomic mass is 28.2. The van der Waals surface area contributed by atoms with Gasteiger partial charge in [-0.1, -0.05) is 26.7 Å². The van der Waals surface area contributed by atoms with E-state index in [0.29, 0.717) is 9.52 Å². The van der Waals surface area contributed by atoms with Crippen molar-refractivity contribution in [3.05, 3.63) is 0 Å². The molecule has 0 aliphatic carbocycles. The molecule has 13 heavy (non-hydrogen) atoms. The van der Waals surface area contributed by atoms with E-state index in [1.54, 1.807) is 0 Å². The first-order chi connectivity index (χ1) is 6.41. The molecule has 0 bridgehead atoms. The quantitative estimate of drug-likeness (QED) is 0.363. The van der Waals surface area contributed by atoms with Gasteiger partial charge in [0.1, 0.15) is 0 Å². The fourth-order valence-electron chi connectivity index (χ4n) is 0.775. The second-order valence-electron chi connectivity index (χ2n) is 2.94. The van der Waals surface area contributed by atoms with Crippen molar-refractivity contribution in [2.45, 2.75) is 52.4 Å². The highest BCUT2D eigenvalue weighted by molar-refractivity contribution is 6.55. The van der Waals surface area contributed by atoms with Crippen molar-refractivity contribution >= 4 is 9.52 Å². The molecule has 2 radical (unpaired) electrons. The van der Waals surface area contributed by atoms with Crippen LogP contribution < -0.4 is 0 Å². The van der Waals surface area contributed by atoms with E-state index in [9.17, 15) is 0 Å². The average molecular weight is 190 g/mol. The molecule has 0 nitrogen and oxygen atoms in total. The summed E-state index contributed by atoms with van der Waals surface area (Å²) >= 11 is 0. The second-order valence-corrected chi connectivity index (χ2v) is 3.69. The molecule has 0 saturated carbocycles. The Labute approximate surface area is 85.3 Å². The van der Waals surface area contributed by atoms with Crippen molar-refractivity contribution in [2.24, 2.45) is 0 Å². The van der Waals surface area contributed by atoms with Gasteiger partial charge >= 0.3 is 0 Å². The predicted molar refractivity (Wildman–Crippen MR) is 60.4 cm³/mol. The van der Waals surface area contributed by atoms with Crippen molar-refractivity contribution in [1.82, 2.24) is 0 Å². The molecule has 0 rings (SSSR count). The van der Waals surface area contributed by atoms with Gasteiger partial charge in [0, 0.05) is 12.8 Å². The molecule has 0 unspecified atom stereocenters. The number of hydrogen-bond donors (Lipinski definition) is 0. The van der Waals surface area contributed by atoms with Crippen LogP contribution in [0.4, 0.5) is 0 Å². The SMILES string of the molecule is CCCCC#C[Si]C#CCCCC. The number of unbranched alkanes of at least 4 members (excludes halogenated alkanes) is 4.